The van der Waals surface area contributed by atoms with Gasteiger partial charge in [0.2, 0.25) is 0 Å². The molecule has 6 nitrogen and oxygen atoms in total. The summed E-state index contributed by atoms with van der Waals surface area (Å²) >= 11 is 0. The second-order valence-corrected chi connectivity index (χ2v) is 2.28. The number of hydrogen-bond acceptors (Lipinski definition) is 5. The van der Waals surface area contributed by atoms with Gasteiger partial charge in [-0.25, -0.2) is 0 Å². The van der Waals surface area contributed by atoms with Crippen molar-refractivity contribution in [1.29, 1.82) is 0 Å². The molecule has 0 saturated carbocycles. The first kappa shape index (κ1) is 22.6. The Balaban J connectivity index is -0.000000276. The van der Waals surface area contributed by atoms with Gasteiger partial charge in [0, 0.05) is 0 Å². The van der Waals surface area contributed by atoms with Gasteiger partial charge in [-0.1, -0.05) is 42.9 Å². The van der Waals surface area contributed by atoms with Crippen LogP contribution < -0.4 is 56.5 Å². The zero-order valence-electron chi connectivity index (χ0n) is 9.78. The normalized spacial score (nSPS) is 7.89. The van der Waals surface area contributed by atoms with Crippen molar-refractivity contribution in [3.63, 3.8) is 0 Å². The van der Waals surface area contributed by atoms with Crippen LogP contribution in [0.5, 0.6) is 0 Å². The Kier molecular flexibility index (Phi) is 23.6. The van der Waals surface area contributed by atoms with Crippen LogP contribution in [-0.2, 0) is 14.5 Å². The Morgan fingerprint density at radius 1 is 1.39 bits per heavy atom. The molecule has 0 heterocycles. The van der Waals surface area contributed by atoms with Gasteiger partial charge >= 0.3 is 51.4 Å². The predicted octanol–water partition coefficient (Wildman–Crippen LogP) is -2.67. The minimum absolute atomic E-state index is 0. The first-order valence-corrected chi connectivity index (χ1v) is 4.13. The molecule has 0 spiro atoms. The minimum atomic E-state index is -1.17. The Labute approximate surface area is 147 Å². The van der Waals surface area contributed by atoms with Crippen LogP contribution in [0.3, 0.4) is 0 Å². The number of benzene rings is 1. The van der Waals surface area contributed by atoms with Crippen LogP contribution in [0.25, 0.3) is 6.08 Å². The third-order valence-electron chi connectivity index (χ3n) is 1.21. The molecule has 0 radical (unpaired) electrons. The Morgan fingerprint density at radius 2 is 1.78 bits per heavy atom. The molecule has 0 aromatic heterocycles. The quantitative estimate of drug-likeness (QED) is 0.201. The molecule has 18 heavy (non-hydrogen) atoms. The van der Waals surface area contributed by atoms with E-state index < -0.39 is 5.97 Å². The summed E-state index contributed by atoms with van der Waals surface area (Å²) in [6, 6.07) is 9.19. The molecular formula is C11H11KO6-2. The number of aliphatic hydroxyl groups excluding tert-OH is 1. The average Bonchev–Trinajstić information content (AvgIpc) is 2.30. The third-order valence-corrected chi connectivity index (χ3v) is 1.21. The van der Waals surface area contributed by atoms with E-state index in [9.17, 15) is 9.90 Å². The zero-order valence-corrected chi connectivity index (χ0v) is 12.9. The zero-order chi connectivity index (χ0) is 13.5. The Morgan fingerprint density at radius 3 is 2.11 bits per heavy atom. The summed E-state index contributed by atoms with van der Waals surface area (Å²) in [5.74, 6) is -1.17. The van der Waals surface area contributed by atoms with Crippen molar-refractivity contribution >= 4 is 18.5 Å². The van der Waals surface area contributed by atoms with Crippen LogP contribution in [0.4, 0.5) is 0 Å². The number of carboxylic acid groups (broad SMARTS) is 1. The molecular weight excluding hydrogens is 267 g/mol. The van der Waals surface area contributed by atoms with Crippen molar-refractivity contribution in [2.24, 2.45) is 0 Å². The number of hydrogen-bond donors (Lipinski definition) is 2. The summed E-state index contributed by atoms with van der Waals surface area (Å²) in [5, 5.41) is 23.7. The monoisotopic (exact) mass is 278 g/mol. The van der Waals surface area contributed by atoms with Crippen LogP contribution in [0.2, 0.25) is 0 Å². The molecule has 1 aromatic carbocycles. The van der Waals surface area contributed by atoms with Crippen LogP contribution >= 0.6 is 0 Å². The number of rotatable bonds is 2. The Hall–Kier alpha value is -0.544. The number of aliphatic carboxylic acids is 1. The average molecular weight is 278 g/mol. The number of carbonyl (C=O) groups is 1. The molecule has 0 unspecified atom stereocenters. The number of carbonyl (C=O) groups excluding carboxylic acids is 1. The molecule has 94 valence electrons. The largest absolute Gasteiger partial charge is 1.00 e. The topological polar surface area (TPSA) is 107 Å². The van der Waals surface area contributed by atoms with E-state index in [4.69, 9.17) is 15.2 Å². The van der Waals surface area contributed by atoms with Crippen molar-refractivity contribution in [2.75, 3.05) is 0 Å². The maximum Gasteiger partial charge on any atom is 1.00 e. The predicted molar refractivity (Wildman–Crippen MR) is 57.9 cm³/mol. The van der Waals surface area contributed by atoms with Gasteiger partial charge < -0.3 is 24.7 Å². The smallest absolute Gasteiger partial charge is 0.665 e. The van der Waals surface area contributed by atoms with Crippen LogP contribution in [0.1, 0.15) is 5.56 Å². The van der Waals surface area contributed by atoms with E-state index in [-0.39, 0.29) is 51.4 Å². The van der Waals surface area contributed by atoms with E-state index in [1.165, 1.54) is 6.08 Å². The standard InChI is InChI=1S/C9H8O2.CH3O2.CHO2.K/c10-9(11)7-6-8-4-2-1-3-5-8;1-3-2;2-1-3;/h1-7H,(H,10,11);2H,1H2;(H,2,3);/q;2*-1;+1/p-1/b7-6+;;;. The minimum Gasteiger partial charge on any atom is -0.665 e. The van der Waals surface area contributed by atoms with Crippen LogP contribution in [0.15, 0.2) is 36.4 Å². The third kappa shape index (κ3) is 20.8. The molecule has 0 amide bonds. The molecule has 0 aliphatic heterocycles. The van der Waals surface area contributed by atoms with Crippen LogP contribution in [0, 0.1) is 7.11 Å². The Bertz CT molecular complexity index is 326. The molecule has 0 bridgehead atoms. The summed E-state index contributed by atoms with van der Waals surface area (Å²) in [6.07, 6.45) is 2.50. The van der Waals surface area contributed by atoms with Gasteiger partial charge in [0.25, 0.3) is 0 Å². The molecule has 1 rings (SSSR count). The molecule has 0 aliphatic rings. The van der Waals surface area contributed by atoms with Gasteiger partial charge in [-0.2, -0.15) is 7.11 Å². The van der Waals surface area contributed by atoms with E-state index >= 15 is 0 Å². The maximum atomic E-state index is 9.97. The summed E-state index contributed by atoms with van der Waals surface area (Å²) in [5.41, 5.74) is 0.858. The first-order valence-electron chi connectivity index (χ1n) is 4.13. The first-order chi connectivity index (χ1) is 8.12. The van der Waals surface area contributed by atoms with E-state index in [1.807, 2.05) is 30.3 Å². The second kappa shape index (κ2) is 18.8. The van der Waals surface area contributed by atoms with E-state index in [0.29, 0.717) is 6.47 Å². The van der Waals surface area contributed by atoms with E-state index in [1.54, 1.807) is 0 Å². The SMILES string of the molecule is O=C([O-])/C=C/c1ccccc1.O=[C-]O.[CH2-]OO.[K+]. The van der Waals surface area contributed by atoms with Gasteiger partial charge in [0.1, 0.15) is 0 Å². The van der Waals surface area contributed by atoms with Crippen molar-refractivity contribution in [2.45, 2.75) is 0 Å². The summed E-state index contributed by atoms with van der Waals surface area (Å²) in [4.78, 5) is 21.2. The summed E-state index contributed by atoms with van der Waals surface area (Å²) in [7, 11) is 2.54. The van der Waals surface area contributed by atoms with E-state index in [2.05, 4.69) is 12.0 Å². The molecule has 0 atom stereocenters. The molecule has 0 aliphatic carbocycles. The molecule has 0 saturated heterocycles. The van der Waals surface area contributed by atoms with Gasteiger partial charge in [-0.05, 0) is 11.6 Å². The van der Waals surface area contributed by atoms with Crippen molar-refractivity contribution < 1.29 is 81.3 Å². The van der Waals surface area contributed by atoms with Gasteiger partial charge in [0.05, 0.1) is 5.97 Å². The molecule has 1 aromatic rings. The summed E-state index contributed by atoms with van der Waals surface area (Å²) < 4.78 is 0. The fourth-order valence-corrected chi connectivity index (χ4v) is 0.728. The van der Waals surface area contributed by atoms with Gasteiger partial charge in [-0.3, -0.25) is 5.26 Å². The van der Waals surface area contributed by atoms with Crippen molar-refractivity contribution in [3.8, 4) is 0 Å². The van der Waals surface area contributed by atoms with E-state index in [0.717, 1.165) is 11.6 Å². The second-order valence-electron chi connectivity index (χ2n) is 2.28. The number of carboxylic acids is 1. The van der Waals surface area contributed by atoms with Crippen molar-refractivity contribution in [3.05, 3.63) is 49.1 Å². The van der Waals surface area contributed by atoms with Gasteiger partial charge in [-0.15, -0.1) is 0 Å². The fourth-order valence-electron chi connectivity index (χ4n) is 0.728. The molecule has 7 heteroatoms. The maximum absolute atomic E-state index is 9.97. The fraction of sp³-hybridized carbons (Fsp3) is 0. The molecule has 0 fully saturated rings. The molecule has 2 N–H and O–H groups in total. The summed E-state index contributed by atoms with van der Waals surface area (Å²) in [6.45, 7) is 0.500. The van der Waals surface area contributed by atoms with Gasteiger partial charge in [0.15, 0.2) is 0 Å². The van der Waals surface area contributed by atoms with Crippen LogP contribution in [-0.4, -0.2) is 22.8 Å². The van der Waals surface area contributed by atoms with Crippen molar-refractivity contribution in [1.82, 2.24) is 0 Å².